The van der Waals surface area contributed by atoms with Crippen LogP contribution in [0.2, 0.25) is 10.0 Å². The largest absolute Gasteiger partial charge is 0.490 e. The van der Waals surface area contributed by atoms with E-state index in [1.807, 2.05) is 48.5 Å². The van der Waals surface area contributed by atoms with Crippen molar-refractivity contribution in [2.24, 2.45) is 39.5 Å². The van der Waals surface area contributed by atoms with Crippen LogP contribution in [0.3, 0.4) is 0 Å². The van der Waals surface area contributed by atoms with Crippen LogP contribution in [0.4, 0.5) is 19.1 Å². The number of nitrogens with one attached hydrogen (secondary N) is 2. The van der Waals surface area contributed by atoms with Gasteiger partial charge in [-0.2, -0.15) is 23.1 Å². The molecule has 8 aromatic heterocycles. The van der Waals surface area contributed by atoms with Crippen LogP contribution >= 0.6 is 23.2 Å². The Balaban J connectivity index is 0.000000211. The zero-order valence-corrected chi connectivity index (χ0v) is 76.7. The van der Waals surface area contributed by atoms with Crippen LogP contribution in [0.5, 0.6) is 6.01 Å². The number of piperazine rings is 1. The van der Waals surface area contributed by atoms with Crippen molar-refractivity contribution in [2.45, 2.75) is 178 Å². The third kappa shape index (κ3) is 25.2. The van der Waals surface area contributed by atoms with Gasteiger partial charge >= 0.3 is 77.0 Å². The first-order chi connectivity index (χ1) is 60.8. The number of hydrogen-bond donors (Lipinski definition) is 4. The van der Waals surface area contributed by atoms with Crippen molar-refractivity contribution in [2.75, 3.05) is 37.7 Å². The third-order valence-corrected chi connectivity index (χ3v) is 19.2. The van der Waals surface area contributed by atoms with Crippen LogP contribution in [0.1, 0.15) is 130 Å². The summed E-state index contributed by atoms with van der Waals surface area (Å²) in [5.74, 6) is -6.68. The number of fused-ring (bicyclic) bond motifs is 4. The third-order valence-electron chi connectivity index (χ3n) is 18.5. The number of hydrogen-bond acceptors (Lipinski definition) is 29. The van der Waals surface area contributed by atoms with Gasteiger partial charge in [-0.15, -0.1) is 0 Å². The Labute approximate surface area is 752 Å². The first kappa shape index (κ1) is 103. The summed E-state index contributed by atoms with van der Waals surface area (Å²) in [6.07, 6.45) is -1.04. The highest BCUT2D eigenvalue weighted by atomic mass is 35.5. The molecule has 0 spiro atoms. The number of carbonyl (C=O) groups is 8. The van der Waals surface area contributed by atoms with Crippen molar-refractivity contribution < 1.29 is 94.9 Å². The lowest BCUT2D eigenvalue weighted by atomic mass is 9.97. The summed E-state index contributed by atoms with van der Waals surface area (Å²) in [5.41, 5.74) is -7.05. The van der Waals surface area contributed by atoms with Crippen LogP contribution in [-0.4, -0.2) is 173 Å². The summed E-state index contributed by atoms with van der Waals surface area (Å²) in [6, 6.07) is 23.3. The highest BCUT2D eigenvalue weighted by molar-refractivity contribution is 6.33. The number of carboxylic acid groups (broad SMARTS) is 2. The van der Waals surface area contributed by atoms with Gasteiger partial charge in [-0.05, 0) is 154 Å². The lowest BCUT2D eigenvalue weighted by molar-refractivity contribution is -0.192. The maximum absolute atomic E-state index is 13.4. The van der Waals surface area contributed by atoms with Gasteiger partial charge in [0.2, 0.25) is 5.95 Å². The summed E-state index contributed by atoms with van der Waals surface area (Å²) < 4.78 is 79.7. The van der Waals surface area contributed by atoms with Crippen molar-refractivity contribution in [1.82, 2.24) is 80.9 Å². The average molecular weight is 1870 g/mol. The molecule has 0 atom stereocenters. The molecule has 9 heterocycles. The van der Waals surface area contributed by atoms with Crippen molar-refractivity contribution >= 4 is 122 Å². The molecule has 131 heavy (non-hydrogen) atoms. The summed E-state index contributed by atoms with van der Waals surface area (Å²) in [5, 5.41) is 20.1. The zero-order valence-electron chi connectivity index (χ0n) is 75.1. The van der Waals surface area contributed by atoms with Gasteiger partial charge in [0, 0.05) is 39.8 Å². The number of esters is 6. The van der Waals surface area contributed by atoms with E-state index in [1.165, 1.54) is 35.2 Å². The van der Waals surface area contributed by atoms with E-state index in [1.54, 1.807) is 164 Å². The van der Waals surface area contributed by atoms with Crippen LogP contribution < -0.4 is 54.3 Å². The Hall–Kier alpha value is -13.9. The first-order valence-corrected chi connectivity index (χ1v) is 40.8. The minimum atomic E-state index is -5.08. The lowest BCUT2D eigenvalue weighted by Gasteiger charge is -2.28. The number of para-hydroxylation sites is 2. The number of carbonyl (C=O) groups excluding carboxylic acids is 6. The molecule has 0 saturated carbocycles. The fourth-order valence-corrected chi connectivity index (χ4v) is 11.7. The minimum Gasteiger partial charge on any atom is -0.479 e. The maximum Gasteiger partial charge on any atom is 0.490 e. The summed E-state index contributed by atoms with van der Waals surface area (Å²) in [4.78, 5) is 210. The molecule has 0 radical (unpaired) electrons. The van der Waals surface area contributed by atoms with E-state index < -0.39 is 173 Å². The number of alkyl halides is 3. The Morgan fingerprint density at radius 3 is 1.24 bits per heavy atom. The van der Waals surface area contributed by atoms with Gasteiger partial charge in [0.25, 0.3) is 22.2 Å². The fourth-order valence-electron chi connectivity index (χ4n) is 11.3. The van der Waals surface area contributed by atoms with E-state index >= 15 is 0 Å². The molecule has 42 nitrogen and oxygen atoms in total. The monoisotopic (exact) mass is 1870 g/mol. The van der Waals surface area contributed by atoms with Gasteiger partial charge in [-0.1, -0.05) is 77.8 Å². The number of rotatable bonds is 20. The number of aromatic amines is 1. The average Bonchev–Trinajstić information content (AvgIpc) is 1.60. The quantitative estimate of drug-likeness (QED) is 0.0416. The standard InChI is InChI=1S/C24H30N4O6.C23H27ClN4O6.C18H19ClN6O4.C17H24N4O6.C2HF3O2/c1-23(2,3)20(30)33-14-27-18-17(26(13-25-18)12-16-10-8-7-9-11-16)19(29)28(22(27)32)15-34-21(31)24(4,5)6;1-22(2,3)19(30)33-12-27-17-16(26(11-25-17)15-10-8-7-9-14(15)24)18(29)28(21(27)32)13-34-20(31)23(4,5)6;1-23-16(28)14-15(22-18(23)29-10-13(26)27)21-17(24-8-6-20-7-9-24)25(14)12-5-3-2-4-11(12)19;1-16(2,3)13(23)26-8-20-11-10(18-7-19-11)12(22)21(15(20)25)9-27-14(24)17(4,5)6;3-2(4,5)1(6)7/h7-11,13H,12,14-15H2,1-6H3;7-11H,12-13H2,1-6H3;2-5,20H,6-10H2,1H3,(H,26,27);7H,8-9H2,1-6H3,(H,18,19);(H,6,7). The molecule has 4 N–H and O–H groups in total. The Bertz CT molecular complexity index is 6580. The smallest absolute Gasteiger partial charge is 0.479 e. The van der Waals surface area contributed by atoms with Gasteiger partial charge in [0.15, 0.2) is 86.1 Å². The fraction of sp³-hybridized carbons (Fsp3) is 0.452. The normalized spacial score (nSPS) is 12.6. The van der Waals surface area contributed by atoms with Crippen molar-refractivity contribution in [1.29, 1.82) is 0 Å². The maximum atomic E-state index is 13.4. The van der Waals surface area contributed by atoms with Crippen molar-refractivity contribution in [3.8, 4) is 17.4 Å². The summed E-state index contributed by atoms with van der Waals surface area (Å²) in [6.45, 7) is 29.6. The van der Waals surface area contributed by atoms with Crippen molar-refractivity contribution in [3.63, 3.8) is 0 Å². The van der Waals surface area contributed by atoms with E-state index in [9.17, 15) is 80.3 Å². The lowest BCUT2D eigenvalue weighted by Crippen LogP contribution is -2.44. The SMILES string of the molecule is CC(C)(C)C(=O)OCn1c(=O)c2[nH]cnc2n(COC(=O)C(C)(C)C)c1=O.CC(C)(C)C(=O)OCn1c(=O)c2c(ncn2-c2ccccc2Cl)n(COC(=O)C(C)(C)C)c1=O.CC(C)(C)C(=O)OCn1c(=O)c2c(ncn2Cc2ccccc2)n(COC(=O)C(C)(C)C)c1=O.Cn1c(OCC(=O)O)nc2nc(N3CCNCC3)n(-c3ccccc3Cl)c2c1=O.O=C(O)C(F)(F)F. The topological polar surface area (TPSA) is 506 Å². The highest BCUT2D eigenvalue weighted by Gasteiger charge is 2.39. The molecule has 706 valence electrons. The molecule has 1 aliphatic rings. The predicted octanol–water partition coefficient (Wildman–Crippen LogP) is 7.86. The van der Waals surface area contributed by atoms with Gasteiger partial charge in [-0.25, -0.2) is 66.3 Å². The second-order valence-electron chi connectivity index (χ2n) is 35.4. The van der Waals surface area contributed by atoms with Gasteiger partial charge in [0.1, 0.15) is 11.8 Å². The highest BCUT2D eigenvalue weighted by Crippen LogP contribution is 2.32. The Kier molecular flexibility index (Phi) is 32.3. The molecular formula is C84H101Cl2F3N18O24. The number of aromatic nitrogens is 16. The van der Waals surface area contributed by atoms with E-state index in [4.69, 9.17) is 71.4 Å². The molecule has 0 unspecified atom stereocenters. The second-order valence-corrected chi connectivity index (χ2v) is 36.2. The molecule has 1 fully saturated rings. The van der Waals surface area contributed by atoms with Crippen LogP contribution in [0, 0.1) is 32.5 Å². The number of aliphatic carboxylic acids is 2. The first-order valence-electron chi connectivity index (χ1n) is 40.0. The number of benzene rings is 3. The van der Waals surface area contributed by atoms with Gasteiger partial charge in [0.05, 0.1) is 66.6 Å². The Morgan fingerprint density at radius 2 is 0.824 bits per heavy atom. The number of carboxylic acids is 2. The van der Waals surface area contributed by atoms with E-state index in [0.29, 0.717) is 47.0 Å². The minimum absolute atomic E-state index is 0.00460. The van der Waals surface area contributed by atoms with Gasteiger partial charge in [-0.3, -0.25) is 61.6 Å². The van der Waals surface area contributed by atoms with Crippen molar-refractivity contribution in [3.05, 3.63) is 186 Å². The molecule has 47 heteroatoms. The van der Waals surface area contributed by atoms with Crippen LogP contribution in [0.15, 0.2) is 131 Å². The number of nitrogens with zero attached hydrogens (tertiary/aromatic N) is 16. The molecule has 12 rings (SSSR count). The Morgan fingerprint density at radius 1 is 0.450 bits per heavy atom. The second kappa shape index (κ2) is 41.3. The number of imidazole rings is 4. The zero-order chi connectivity index (χ0) is 97.9. The molecule has 1 aliphatic heterocycles. The molecule has 1 saturated heterocycles. The molecule has 0 amide bonds. The number of H-pyrrole nitrogens is 1. The number of ether oxygens (including phenoxy) is 7. The predicted molar refractivity (Wildman–Crippen MR) is 467 cm³/mol. The van der Waals surface area contributed by atoms with Gasteiger partial charge < -0.3 is 63.1 Å². The molecule has 0 aliphatic carbocycles. The number of halogens is 5. The van der Waals surface area contributed by atoms with E-state index in [2.05, 4.69) is 40.1 Å². The van der Waals surface area contributed by atoms with Crippen LogP contribution in [0.25, 0.3) is 56.0 Å². The van der Waals surface area contributed by atoms with Crippen LogP contribution in [-0.2, 0) is 121 Å². The summed E-state index contributed by atoms with van der Waals surface area (Å²) in [7, 11) is 1.47. The molecule has 11 aromatic rings. The van der Waals surface area contributed by atoms with E-state index in [-0.39, 0.29) is 50.7 Å². The molecule has 3 aromatic carbocycles. The molecular weight excluding hydrogens is 1770 g/mol. The molecule has 0 bridgehead atoms. The number of anilines is 1. The summed E-state index contributed by atoms with van der Waals surface area (Å²) >= 11 is 12.8. The van der Waals surface area contributed by atoms with E-state index in [0.717, 1.165) is 46.1 Å².